The van der Waals surface area contributed by atoms with Crippen molar-refractivity contribution in [2.24, 2.45) is 0 Å². The van der Waals surface area contributed by atoms with Gasteiger partial charge in [0, 0.05) is 39.7 Å². The lowest BCUT2D eigenvalue weighted by molar-refractivity contribution is -0.139. The van der Waals surface area contributed by atoms with Gasteiger partial charge in [-0.2, -0.15) is 0 Å². The molecule has 1 N–H and O–H groups in total. The largest absolute Gasteiger partial charge is 0.376 e. The topological polar surface area (TPSA) is 61.9 Å². The van der Waals surface area contributed by atoms with E-state index in [0.717, 1.165) is 51.7 Å². The van der Waals surface area contributed by atoms with Gasteiger partial charge in [0.05, 0.1) is 18.2 Å². The van der Waals surface area contributed by atoms with Crippen molar-refractivity contribution in [1.82, 2.24) is 15.1 Å². The second kappa shape index (κ2) is 7.84. The number of carbonyl (C=O) groups excluding carboxylic acids is 2. The highest BCUT2D eigenvalue weighted by atomic mass is 16.5. The maximum atomic E-state index is 13.2. The van der Waals surface area contributed by atoms with Crippen molar-refractivity contribution in [3.8, 4) is 0 Å². The number of nitrogens with one attached hydrogen (secondary N) is 1. The fourth-order valence-corrected chi connectivity index (χ4v) is 5.38. The minimum Gasteiger partial charge on any atom is -0.376 e. The number of methoxy groups -OCH3 is 1. The molecule has 4 rings (SSSR count). The molecule has 1 saturated carbocycles. The van der Waals surface area contributed by atoms with Gasteiger partial charge < -0.3 is 15.0 Å². The maximum absolute atomic E-state index is 13.2. The fourth-order valence-electron chi connectivity index (χ4n) is 5.38. The molecule has 0 bridgehead atoms. The quantitative estimate of drug-likeness (QED) is 0.857. The first-order valence-corrected chi connectivity index (χ1v) is 10.4. The number of hydrogen-bond donors (Lipinski definition) is 1. The Balaban J connectivity index is 1.43. The Hall–Kier alpha value is -1.92. The fraction of sp³-hybridized carbons (Fsp3) is 0.636. The molecule has 2 fully saturated rings. The van der Waals surface area contributed by atoms with E-state index in [-0.39, 0.29) is 29.5 Å². The maximum Gasteiger partial charge on any atom is 0.237 e. The molecule has 2 heterocycles. The van der Waals surface area contributed by atoms with Crippen molar-refractivity contribution in [1.29, 1.82) is 0 Å². The lowest BCUT2D eigenvalue weighted by atomic mass is 9.78. The predicted octanol–water partition coefficient (Wildman–Crippen LogP) is 1.72. The summed E-state index contributed by atoms with van der Waals surface area (Å²) in [6.07, 6.45) is 4.46. The second-order valence-corrected chi connectivity index (χ2v) is 8.52. The summed E-state index contributed by atoms with van der Waals surface area (Å²) in [7, 11) is 1.77. The minimum absolute atomic E-state index is 0.00206. The Morgan fingerprint density at radius 2 is 2.00 bits per heavy atom. The number of likely N-dealkylation sites (tertiary alicyclic amines) is 1. The molecule has 0 aromatic heterocycles. The zero-order chi connectivity index (χ0) is 19.7. The van der Waals surface area contributed by atoms with Crippen LogP contribution in [0, 0.1) is 0 Å². The predicted molar refractivity (Wildman–Crippen MR) is 107 cm³/mol. The first kappa shape index (κ1) is 19.4. The number of rotatable bonds is 4. The number of benzene rings is 1. The molecule has 6 heteroatoms. The smallest absolute Gasteiger partial charge is 0.237 e. The Labute approximate surface area is 167 Å². The third kappa shape index (κ3) is 3.67. The SMILES string of the molecule is CO[C@@]12CC[C@@H](NC(C)=O)C[C@@H]1N(C(=O)CN1CCc3ccccc3C1)CC2. The van der Waals surface area contributed by atoms with Crippen LogP contribution in [-0.4, -0.2) is 66.0 Å². The van der Waals surface area contributed by atoms with E-state index in [9.17, 15) is 9.59 Å². The highest BCUT2D eigenvalue weighted by Crippen LogP contribution is 2.42. The van der Waals surface area contributed by atoms with E-state index in [1.807, 2.05) is 4.90 Å². The number of fused-ring (bicyclic) bond motifs is 2. The van der Waals surface area contributed by atoms with Crippen LogP contribution >= 0.6 is 0 Å². The van der Waals surface area contributed by atoms with Crippen LogP contribution in [0.3, 0.4) is 0 Å². The number of hydrogen-bond acceptors (Lipinski definition) is 4. The van der Waals surface area contributed by atoms with Gasteiger partial charge in [-0.05, 0) is 43.2 Å². The molecule has 1 saturated heterocycles. The third-order valence-electron chi connectivity index (χ3n) is 6.89. The van der Waals surface area contributed by atoms with E-state index >= 15 is 0 Å². The molecule has 0 radical (unpaired) electrons. The summed E-state index contributed by atoms with van der Waals surface area (Å²) < 4.78 is 5.95. The molecule has 2 amide bonds. The van der Waals surface area contributed by atoms with Crippen LogP contribution in [0.2, 0.25) is 0 Å². The van der Waals surface area contributed by atoms with E-state index < -0.39 is 0 Å². The van der Waals surface area contributed by atoms with Crippen LogP contribution in [-0.2, 0) is 27.3 Å². The second-order valence-electron chi connectivity index (χ2n) is 8.52. The molecule has 2 aliphatic heterocycles. The summed E-state index contributed by atoms with van der Waals surface area (Å²) >= 11 is 0. The van der Waals surface area contributed by atoms with Crippen molar-refractivity contribution < 1.29 is 14.3 Å². The monoisotopic (exact) mass is 385 g/mol. The average molecular weight is 386 g/mol. The number of amides is 2. The van der Waals surface area contributed by atoms with E-state index in [1.54, 1.807) is 14.0 Å². The molecule has 3 aliphatic rings. The van der Waals surface area contributed by atoms with Gasteiger partial charge in [-0.15, -0.1) is 0 Å². The van der Waals surface area contributed by atoms with Crippen LogP contribution in [0.4, 0.5) is 0 Å². The molecule has 1 aromatic rings. The van der Waals surface area contributed by atoms with Gasteiger partial charge in [0.1, 0.15) is 0 Å². The third-order valence-corrected chi connectivity index (χ3v) is 6.89. The average Bonchev–Trinajstić information content (AvgIpc) is 3.07. The highest BCUT2D eigenvalue weighted by Gasteiger charge is 2.52. The van der Waals surface area contributed by atoms with Crippen molar-refractivity contribution >= 4 is 11.8 Å². The van der Waals surface area contributed by atoms with Crippen LogP contribution in [0.15, 0.2) is 24.3 Å². The molecule has 1 aromatic carbocycles. The van der Waals surface area contributed by atoms with Gasteiger partial charge in [0.2, 0.25) is 11.8 Å². The zero-order valence-corrected chi connectivity index (χ0v) is 16.9. The first-order valence-electron chi connectivity index (χ1n) is 10.4. The lowest BCUT2D eigenvalue weighted by Gasteiger charge is -2.44. The summed E-state index contributed by atoms with van der Waals surface area (Å²) in [6.45, 7) is 4.52. The van der Waals surface area contributed by atoms with Crippen molar-refractivity contribution in [2.45, 2.75) is 63.3 Å². The number of carbonyl (C=O) groups is 2. The molecule has 152 valence electrons. The zero-order valence-electron chi connectivity index (χ0n) is 16.9. The van der Waals surface area contributed by atoms with Crippen molar-refractivity contribution in [3.63, 3.8) is 0 Å². The Morgan fingerprint density at radius 3 is 2.75 bits per heavy atom. The lowest BCUT2D eigenvalue weighted by Crippen LogP contribution is -2.56. The summed E-state index contributed by atoms with van der Waals surface area (Å²) in [6, 6.07) is 8.68. The molecule has 3 atom stereocenters. The minimum atomic E-state index is -0.251. The van der Waals surface area contributed by atoms with E-state index in [1.165, 1.54) is 11.1 Å². The van der Waals surface area contributed by atoms with E-state index in [4.69, 9.17) is 4.74 Å². The van der Waals surface area contributed by atoms with Crippen molar-refractivity contribution in [3.05, 3.63) is 35.4 Å². The molecule has 28 heavy (non-hydrogen) atoms. The first-order chi connectivity index (χ1) is 13.5. The molecule has 0 spiro atoms. The van der Waals surface area contributed by atoms with Crippen LogP contribution < -0.4 is 5.32 Å². The van der Waals surface area contributed by atoms with E-state index in [0.29, 0.717) is 6.54 Å². The summed E-state index contributed by atoms with van der Waals surface area (Å²) in [4.78, 5) is 29.0. The van der Waals surface area contributed by atoms with Gasteiger partial charge >= 0.3 is 0 Å². The normalized spacial score (nSPS) is 29.9. The standard InChI is InChI=1S/C22H31N3O3/c1-16(26)23-19-7-9-22(28-2)10-12-25(20(22)13-19)21(27)15-24-11-8-17-5-3-4-6-18(17)14-24/h3-6,19-20H,7-15H2,1-2H3,(H,23,26)/t19-,20+,22-/m1/s1. The van der Waals surface area contributed by atoms with Crippen LogP contribution in [0.1, 0.15) is 43.7 Å². The molecule has 6 nitrogen and oxygen atoms in total. The van der Waals surface area contributed by atoms with Gasteiger partial charge in [0.15, 0.2) is 0 Å². The number of ether oxygens (including phenoxy) is 1. The van der Waals surface area contributed by atoms with Crippen LogP contribution in [0.25, 0.3) is 0 Å². The molecular weight excluding hydrogens is 354 g/mol. The summed E-state index contributed by atoms with van der Waals surface area (Å²) in [5.74, 6) is 0.185. The van der Waals surface area contributed by atoms with E-state index in [2.05, 4.69) is 34.5 Å². The van der Waals surface area contributed by atoms with Gasteiger partial charge in [0.25, 0.3) is 0 Å². The van der Waals surface area contributed by atoms with Gasteiger partial charge in [-0.25, -0.2) is 0 Å². The number of nitrogens with zero attached hydrogens (tertiary/aromatic N) is 2. The molecular formula is C22H31N3O3. The molecule has 0 unspecified atom stereocenters. The highest BCUT2D eigenvalue weighted by molar-refractivity contribution is 5.79. The summed E-state index contributed by atoms with van der Waals surface area (Å²) in [5.41, 5.74) is 2.48. The molecule has 1 aliphatic carbocycles. The Kier molecular flexibility index (Phi) is 5.43. The van der Waals surface area contributed by atoms with Crippen LogP contribution in [0.5, 0.6) is 0 Å². The Bertz CT molecular complexity index is 752. The summed E-state index contributed by atoms with van der Waals surface area (Å²) in [5, 5.41) is 3.04. The van der Waals surface area contributed by atoms with Gasteiger partial charge in [-0.1, -0.05) is 24.3 Å². The van der Waals surface area contributed by atoms with Gasteiger partial charge in [-0.3, -0.25) is 14.5 Å². The Morgan fingerprint density at radius 1 is 1.21 bits per heavy atom. The van der Waals surface area contributed by atoms with Crippen molar-refractivity contribution in [2.75, 3.05) is 26.7 Å².